The van der Waals surface area contributed by atoms with Gasteiger partial charge in [-0.05, 0) is 44.8 Å². The number of anilines is 2. The van der Waals surface area contributed by atoms with Crippen molar-refractivity contribution in [2.24, 2.45) is 17.3 Å². The lowest BCUT2D eigenvalue weighted by Crippen LogP contribution is -2.42. The predicted octanol–water partition coefficient (Wildman–Crippen LogP) is 4.27. The van der Waals surface area contributed by atoms with Crippen LogP contribution in [0.5, 0.6) is 0 Å². The van der Waals surface area contributed by atoms with Gasteiger partial charge in [0.2, 0.25) is 11.7 Å². The summed E-state index contributed by atoms with van der Waals surface area (Å²) < 4.78 is 21.2. The summed E-state index contributed by atoms with van der Waals surface area (Å²) in [4.78, 5) is 38.9. The number of likely N-dealkylation sites (N-methyl/N-ethyl adjacent to an activating group) is 1. The minimum Gasteiger partial charge on any atom is -0.445 e. The Morgan fingerprint density at radius 1 is 1.17 bits per heavy atom. The molecule has 3 fully saturated rings. The minimum atomic E-state index is -0.579. The molecule has 2 saturated carbocycles. The zero-order valence-corrected chi connectivity index (χ0v) is 25.0. The van der Waals surface area contributed by atoms with Crippen molar-refractivity contribution >= 4 is 23.6 Å². The molecule has 11 heteroatoms. The number of aromatic nitrogens is 2. The fourth-order valence-electron chi connectivity index (χ4n) is 6.54. The van der Waals surface area contributed by atoms with E-state index >= 15 is 4.39 Å². The molecule has 0 radical (unpaired) electrons. The predicted molar refractivity (Wildman–Crippen MR) is 159 cm³/mol. The summed E-state index contributed by atoms with van der Waals surface area (Å²) in [6.07, 6.45) is 7.27. The van der Waals surface area contributed by atoms with Crippen LogP contribution in [0.2, 0.25) is 0 Å². The molecule has 2 aromatic rings. The first-order valence-electron chi connectivity index (χ1n) is 15.3. The van der Waals surface area contributed by atoms with E-state index in [9.17, 15) is 9.59 Å². The van der Waals surface area contributed by atoms with E-state index in [1.54, 1.807) is 0 Å². The highest BCUT2D eigenvalue weighted by atomic mass is 19.1. The highest BCUT2D eigenvalue weighted by Gasteiger charge is 2.56. The zero-order chi connectivity index (χ0) is 29.7. The van der Waals surface area contributed by atoms with Crippen LogP contribution in [0.15, 0.2) is 30.3 Å². The van der Waals surface area contributed by atoms with E-state index in [1.807, 2.05) is 42.2 Å². The summed E-state index contributed by atoms with van der Waals surface area (Å²) in [5.41, 5.74) is 6.51. The van der Waals surface area contributed by atoms with E-state index in [4.69, 9.17) is 4.74 Å². The number of hydrogen-bond acceptors (Lipinski definition) is 8. The van der Waals surface area contributed by atoms with Gasteiger partial charge in [0.05, 0.1) is 5.92 Å². The topological polar surface area (TPSA) is 112 Å². The maximum absolute atomic E-state index is 15.8. The number of hydrogen-bond donors (Lipinski definition) is 3. The Morgan fingerprint density at radius 2 is 1.90 bits per heavy atom. The minimum absolute atomic E-state index is 0.0433. The number of carbonyl (C=O) groups is 2. The fourth-order valence-corrected chi connectivity index (χ4v) is 6.54. The lowest BCUT2D eigenvalue weighted by molar-refractivity contribution is -0.124. The molecule has 10 nitrogen and oxygen atoms in total. The summed E-state index contributed by atoms with van der Waals surface area (Å²) in [5.74, 6) is -0.253. The molecule has 2 atom stereocenters. The monoisotopic (exact) mass is 581 g/mol. The smallest absolute Gasteiger partial charge is 0.407 e. The van der Waals surface area contributed by atoms with Crippen LogP contribution in [-0.2, 0) is 22.6 Å². The van der Waals surface area contributed by atoms with Gasteiger partial charge < -0.3 is 19.9 Å². The van der Waals surface area contributed by atoms with E-state index < -0.39 is 17.8 Å². The number of halogens is 1. The molecule has 0 bridgehead atoms. The molecule has 2 aliphatic carbocycles. The van der Waals surface area contributed by atoms with Crippen molar-refractivity contribution in [1.29, 1.82) is 0 Å². The third-order valence-corrected chi connectivity index (χ3v) is 9.09. The summed E-state index contributed by atoms with van der Waals surface area (Å²) in [6, 6.07) is 9.77. The van der Waals surface area contributed by atoms with Gasteiger partial charge in [-0.3, -0.25) is 15.6 Å². The molecule has 1 aromatic heterocycles. The van der Waals surface area contributed by atoms with Gasteiger partial charge in [0.15, 0.2) is 11.6 Å². The molecule has 1 unspecified atom stereocenters. The number of amides is 2. The molecule has 1 aromatic carbocycles. The van der Waals surface area contributed by atoms with Gasteiger partial charge in [-0.1, -0.05) is 62.9 Å². The van der Waals surface area contributed by atoms with Crippen molar-refractivity contribution in [3.63, 3.8) is 0 Å². The number of ether oxygens (including phenoxy) is 1. The molecule has 2 amide bonds. The first-order chi connectivity index (χ1) is 20.3. The number of carbonyl (C=O) groups excluding carboxylic acids is 2. The lowest BCUT2D eigenvalue weighted by Gasteiger charge is -2.24. The standard InChI is InChI=1S/C31H44FN7O3/c1-4-25-34-27(26(32)28(35-25)39-18-24(38(2)3)31(20-39)14-15-31)36-37-29(40)23(16-21-10-8-9-11-21)17-33-30(41)42-19-22-12-6-5-7-13-22/h5-7,12-13,21,23-24H,4,8-11,14-20H2,1-3H3,(H,33,41)(H,37,40)(H,34,35,36)/t23-,24?/m1/s1. The molecule has 1 spiro atoms. The molecule has 1 aliphatic heterocycles. The third-order valence-electron chi connectivity index (χ3n) is 9.09. The number of rotatable bonds is 12. The number of nitrogens with one attached hydrogen (secondary N) is 3. The van der Waals surface area contributed by atoms with Crippen molar-refractivity contribution in [2.75, 3.05) is 44.1 Å². The quantitative estimate of drug-likeness (QED) is 0.319. The van der Waals surface area contributed by atoms with Crippen LogP contribution < -0.4 is 21.1 Å². The van der Waals surface area contributed by atoms with E-state index in [1.165, 1.54) is 0 Å². The van der Waals surface area contributed by atoms with Crippen molar-refractivity contribution in [1.82, 2.24) is 25.6 Å². The normalized spacial score (nSPS) is 20.1. The van der Waals surface area contributed by atoms with E-state index in [0.29, 0.717) is 37.2 Å². The Labute approximate surface area is 247 Å². The maximum Gasteiger partial charge on any atom is 0.407 e. The third kappa shape index (κ3) is 7.11. The zero-order valence-electron chi connectivity index (χ0n) is 25.0. The molecule has 5 rings (SSSR count). The SMILES string of the molecule is CCc1nc(NNC(=O)[C@@H](CNC(=O)OCc2ccccc2)CC2CCCC2)c(F)c(N2CC(N(C)C)C3(CC3)C2)n1. The highest BCUT2D eigenvalue weighted by Crippen LogP contribution is 2.54. The van der Waals surface area contributed by atoms with Crippen molar-refractivity contribution in [2.45, 2.75) is 70.9 Å². The second-order valence-electron chi connectivity index (χ2n) is 12.3. The first-order valence-corrected chi connectivity index (χ1v) is 15.3. The van der Waals surface area contributed by atoms with Crippen LogP contribution in [-0.4, -0.2) is 66.6 Å². The van der Waals surface area contributed by atoms with Crippen LogP contribution in [0.4, 0.5) is 20.8 Å². The van der Waals surface area contributed by atoms with Crippen molar-refractivity contribution in [3.8, 4) is 0 Å². The summed E-state index contributed by atoms with van der Waals surface area (Å²) >= 11 is 0. The Morgan fingerprint density at radius 3 is 2.55 bits per heavy atom. The average molecular weight is 582 g/mol. The van der Waals surface area contributed by atoms with Gasteiger partial charge in [0.25, 0.3) is 0 Å². The Bertz CT molecular complexity index is 1230. The number of benzene rings is 1. The summed E-state index contributed by atoms with van der Waals surface area (Å²) in [6.45, 7) is 3.65. The van der Waals surface area contributed by atoms with Gasteiger partial charge in [-0.15, -0.1) is 0 Å². The van der Waals surface area contributed by atoms with E-state index in [2.05, 4.69) is 45.1 Å². The molecule has 3 aliphatic rings. The Kier molecular flexibility index (Phi) is 9.45. The highest BCUT2D eigenvalue weighted by molar-refractivity contribution is 5.81. The molecule has 42 heavy (non-hydrogen) atoms. The van der Waals surface area contributed by atoms with Crippen LogP contribution >= 0.6 is 0 Å². The van der Waals surface area contributed by atoms with Crippen molar-refractivity contribution in [3.05, 3.63) is 47.5 Å². The number of nitrogens with zero attached hydrogens (tertiary/aromatic N) is 4. The largest absolute Gasteiger partial charge is 0.445 e. The Hall–Kier alpha value is -3.47. The number of aryl methyl sites for hydroxylation is 1. The maximum atomic E-state index is 15.8. The average Bonchev–Trinajstić information content (AvgIpc) is 3.38. The lowest BCUT2D eigenvalue weighted by atomic mass is 9.92. The van der Waals surface area contributed by atoms with Crippen LogP contribution in [0, 0.1) is 23.1 Å². The van der Waals surface area contributed by atoms with Crippen molar-refractivity contribution < 1.29 is 18.7 Å². The second kappa shape index (κ2) is 13.2. The van der Waals surface area contributed by atoms with Gasteiger partial charge in [-0.2, -0.15) is 4.39 Å². The van der Waals surface area contributed by atoms with E-state index in [-0.39, 0.29) is 36.1 Å². The molecule has 3 N–H and O–H groups in total. The Balaban J connectivity index is 1.23. The van der Waals surface area contributed by atoms with Crippen LogP contribution in [0.3, 0.4) is 0 Å². The summed E-state index contributed by atoms with van der Waals surface area (Å²) in [7, 11) is 4.15. The van der Waals surface area contributed by atoms with Gasteiger partial charge in [-0.25, -0.2) is 14.8 Å². The molecule has 2 heterocycles. The molecular formula is C31H44FN7O3. The number of alkyl carbamates (subject to hydrolysis) is 1. The first kappa shape index (κ1) is 30.0. The second-order valence-corrected chi connectivity index (χ2v) is 12.3. The number of hydrazine groups is 1. The van der Waals surface area contributed by atoms with E-state index in [0.717, 1.165) is 50.6 Å². The van der Waals surface area contributed by atoms with Gasteiger partial charge in [0.1, 0.15) is 12.4 Å². The van der Waals surface area contributed by atoms with Crippen LogP contribution in [0.1, 0.15) is 63.3 Å². The molecular weight excluding hydrogens is 537 g/mol. The van der Waals surface area contributed by atoms with Gasteiger partial charge in [0, 0.05) is 37.5 Å². The summed E-state index contributed by atoms with van der Waals surface area (Å²) in [5, 5.41) is 2.75. The molecule has 228 valence electrons. The molecule has 1 saturated heterocycles. The van der Waals surface area contributed by atoms with Crippen LogP contribution in [0.25, 0.3) is 0 Å². The van der Waals surface area contributed by atoms with Gasteiger partial charge >= 0.3 is 6.09 Å². The fraction of sp³-hybridized carbons (Fsp3) is 0.613.